The summed E-state index contributed by atoms with van der Waals surface area (Å²) in [5, 5.41) is 12.8. The Morgan fingerprint density at radius 2 is 1.88 bits per heavy atom. The average molecular weight is 602 g/mol. The van der Waals surface area contributed by atoms with Crippen LogP contribution in [-0.4, -0.2) is 61.3 Å². The van der Waals surface area contributed by atoms with Crippen LogP contribution in [0.1, 0.15) is 44.7 Å². The van der Waals surface area contributed by atoms with Gasteiger partial charge >= 0.3 is 0 Å². The minimum atomic E-state index is -2.50. The predicted octanol–water partition coefficient (Wildman–Crippen LogP) is 6.22. The number of rotatable bonds is 6. The fourth-order valence-corrected chi connectivity index (χ4v) is 7.72. The van der Waals surface area contributed by atoms with Crippen molar-refractivity contribution in [2.75, 3.05) is 29.5 Å². The highest BCUT2D eigenvalue weighted by molar-refractivity contribution is 8.24. The standard InChI is InChI=1S/C29H33F2N5O3S2/c1-29(2,17-32)35-27(37)23-15-19(30)5-9-22(23)25-26(40-28(34-25)24-10-6-20(31)16-33-24)18-3-7-21(8-4-18)36-11-13-41(38,39)14-12-36/h3-4,6-8,10,16,19,22-23,38-39H,5,9,11-15H2,1-2H3,(H,35,37)/t19-,22+,23+/m0/s1. The summed E-state index contributed by atoms with van der Waals surface area (Å²) in [5.41, 5.74) is 1.89. The number of hydrogen-bond donors (Lipinski definition) is 3. The van der Waals surface area contributed by atoms with Crippen LogP contribution in [0.15, 0.2) is 42.6 Å². The zero-order valence-electron chi connectivity index (χ0n) is 22.9. The van der Waals surface area contributed by atoms with E-state index in [0.717, 1.165) is 22.3 Å². The maximum absolute atomic E-state index is 14.7. The number of carbonyl (C=O) groups excluding carboxylic acids is 1. The van der Waals surface area contributed by atoms with Gasteiger partial charge in [0, 0.05) is 30.6 Å². The van der Waals surface area contributed by atoms with Crippen molar-refractivity contribution in [3.05, 3.63) is 54.1 Å². The minimum Gasteiger partial charge on any atom is -0.368 e. The summed E-state index contributed by atoms with van der Waals surface area (Å²) in [7, 11) is -2.50. The number of halogens is 2. The third-order valence-corrected chi connectivity index (χ3v) is 10.5. The molecule has 2 aromatic heterocycles. The van der Waals surface area contributed by atoms with Crippen LogP contribution in [0.3, 0.4) is 0 Å². The Morgan fingerprint density at radius 1 is 1.17 bits per heavy atom. The molecule has 1 saturated carbocycles. The minimum absolute atomic E-state index is 0.0339. The zero-order valence-corrected chi connectivity index (χ0v) is 24.5. The SMILES string of the molecule is CC(C)(C#N)NC(=O)[C@@H]1C[C@@H](F)CC[C@H]1c1nc(-c2ccc(F)cn2)sc1-c1ccc(N2CCS(O)(O)CC2)cc1. The summed E-state index contributed by atoms with van der Waals surface area (Å²) in [6, 6.07) is 12.8. The summed E-state index contributed by atoms with van der Waals surface area (Å²) >= 11 is 1.39. The molecule has 0 radical (unpaired) electrons. The van der Waals surface area contributed by atoms with Gasteiger partial charge in [-0.3, -0.25) is 18.9 Å². The van der Waals surface area contributed by atoms with E-state index in [2.05, 4.69) is 21.3 Å². The van der Waals surface area contributed by atoms with Gasteiger partial charge in [0.25, 0.3) is 0 Å². The maximum atomic E-state index is 14.7. The van der Waals surface area contributed by atoms with Gasteiger partial charge in [-0.25, -0.2) is 13.8 Å². The van der Waals surface area contributed by atoms with Gasteiger partial charge < -0.3 is 10.2 Å². The number of pyridine rings is 1. The molecule has 1 aromatic carbocycles. The van der Waals surface area contributed by atoms with Crippen molar-refractivity contribution in [3.63, 3.8) is 0 Å². The van der Waals surface area contributed by atoms with Crippen molar-refractivity contribution in [1.29, 1.82) is 5.26 Å². The first-order valence-corrected chi connectivity index (χ1v) is 16.2. The average Bonchev–Trinajstić information content (AvgIpc) is 3.38. The zero-order chi connectivity index (χ0) is 29.4. The maximum Gasteiger partial charge on any atom is 0.225 e. The Balaban J connectivity index is 1.52. The molecule has 218 valence electrons. The molecular formula is C29H33F2N5O3S2. The smallest absolute Gasteiger partial charge is 0.225 e. The Bertz CT molecular complexity index is 1430. The summed E-state index contributed by atoms with van der Waals surface area (Å²) < 4.78 is 48.2. The van der Waals surface area contributed by atoms with E-state index in [1.165, 1.54) is 17.4 Å². The van der Waals surface area contributed by atoms with Gasteiger partial charge in [-0.2, -0.15) is 15.9 Å². The number of amides is 1. The Labute approximate surface area is 243 Å². The molecule has 3 heterocycles. The molecule has 0 unspecified atom stereocenters. The largest absolute Gasteiger partial charge is 0.368 e. The Hall–Kier alpha value is -3.11. The molecule has 1 aliphatic heterocycles. The topological polar surface area (TPSA) is 122 Å². The fraction of sp³-hybridized carbons (Fsp3) is 0.448. The molecule has 1 amide bonds. The van der Waals surface area contributed by atoms with E-state index in [1.807, 2.05) is 24.3 Å². The molecule has 3 N–H and O–H groups in total. The molecule has 0 bridgehead atoms. The summed E-state index contributed by atoms with van der Waals surface area (Å²) in [6.45, 7) is 4.31. The lowest BCUT2D eigenvalue weighted by atomic mass is 9.75. The molecular weight excluding hydrogens is 568 g/mol. The van der Waals surface area contributed by atoms with Crippen molar-refractivity contribution in [3.8, 4) is 27.2 Å². The molecule has 2 aliphatic rings. The number of alkyl halides is 1. The molecule has 2 fully saturated rings. The summed E-state index contributed by atoms with van der Waals surface area (Å²) in [6.07, 6.45) is 0.746. The van der Waals surface area contributed by atoms with Gasteiger partial charge in [0.1, 0.15) is 22.5 Å². The van der Waals surface area contributed by atoms with Crippen molar-refractivity contribution >= 4 is 33.5 Å². The highest BCUT2D eigenvalue weighted by Crippen LogP contribution is 2.47. The van der Waals surface area contributed by atoms with Gasteiger partial charge in [0.2, 0.25) is 5.91 Å². The summed E-state index contributed by atoms with van der Waals surface area (Å²) in [4.78, 5) is 25.4. The lowest BCUT2D eigenvalue weighted by Gasteiger charge is -2.41. The molecule has 1 saturated heterocycles. The number of hydrogen-bond acceptors (Lipinski definition) is 8. The van der Waals surface area contributed by atoms with Crippen LogP contribution in [0.25, 0.3) is 21.1 Å². The van der Waals surface area contributed by atoms with Gasteiger partial charge in [-0.15, -0.1) is 11.3 Å². The molecule has 0 spiro atoms. The van der Waals surface area contributed by atoms with Crippen LogP contribution in [0.4, 0.5) is 14.5 Å². The van der Waals surface area contributed by atoms with E-state index < -0.39 is 34.0 Å². The normalized spacial score (nSPS) is 23.4. The lowest BCUT2D eigenvalue weighted by Crippen LogP contribution is -2.47. The second-order valence-electron chi connectivity index (χ2n) is 11.2. The Kier molecular flexibility index (Phi) is 8.34. The first-order valence-electron chi connectivity index (χ1n) is 13.5. The van der Waals surface area contributed by atoms with Crippen molar-refractivity contribution in [2.45, 2.75) is 50.7 Å². The molecule has 3 atom stereocenters. The molecule has 5 rings (SSSR count). The van der Waals surface area contributed by atoms with Crippen molar-refractivity contribution in [2.24, 2.45) is 5.92 Å². The number of nitrogens with zero attached hydrogens (tertiary/aromatic N) is 4. The number of nitriles is 1. The van der Waals surface area contributed by atoms with E-state index in [0.29, 0.717) is 53.8 Å². The van der Waals surface area contributed by atoms with Crippen LogP contribution in [0.2, 0.25) is 0 Å². The monoisotopic (exact) mass is 601 g/mol. The van der Waals surface area contributed by atoms with E-state index in [4.69, 9.17) is 4.98 Å². The van der Waals surface area contributed by atoms with Crippen LogP contribution in [-0.2, 0) is 4.79 Å². The second-order valence-corrected chi connectivity index (χ2v) is 14.6. The molecule has 1 aliphatic carbocycles. The van der Waals surface area contributed by atoms with Crippen molar-refractivity contribution < 1.29 is 22.7 Å². The van der Waals surface area contributed by atoms with Gasteiger partial charge in [-0.1, -0.05) is 12.1 Å². The number of nitrogens with one attached hydrogen (secondary N) is 1. The first-order chi connectivity index (χ1) is 19.4. The number of thiazole rings is 1. The number of aromatic nitrogens is 2. The first kappa shape index (κ1) is 29.4. The van der Waals surface area contributed by atoms with Gasteiger partial charge in [-0.05, 0) is 62.9 Å². The van der Waals surface area contributed by atoms with E-state index in [-0.39, 0.29) is 18.2 Å². The number of benzene rings is 1. The van der Waals surface area contributed by atoms with Crippen molar-refractivity contribution in [1.82, 2.24) is 15.3 Å². The Morgan fingerprint density at radius 3 is 2.51 bits per heavy atom. The predicted molar refractivity (Wildman–Crippen MR) is 158 cm³/mol. The third-order valence-electron chi connectivity index (χ3n) is 7.66. The summed E-state index contributed by atoms with van der Waals surface area (Å²) in [5.74, 6) is -1.26. The van der Waals surface area contributed by atoms with E-state index in [1.54, 1.807) is 19.9 Å². The molecule has 12 heteroatoms. The van der Waals surface area contributed by atoms with Crippen LogP contribution in [0.5, 0.6) is 0 Å². The highest BCUT2D eigenvalue weighted by atomic mass is 32.3. The van der Waals surface area contributed by atoms with E-state index in [9.17, 15) is 27.9 Å². The third kappa shape index (κ3) is 6.70. The number of anilines is 1. The van der Waals surface area contributed by atoms with Crippen LogP contribution < -0.4 is 10.2 Å². The molecule has 41 heavy (non-hydrogen) atoms. The highest BCUT2D eigenvalue weighted by Gasteiger charge is 2.40. The van der Waals surface area contributed by atoms with Gasteiger partial charge in [0.05, 0.1) is 40.0 Å². The van der Waals surface area contributed by atoms with Crippen LogP contribution >= 0.6 is 21.9 Å². The second kappa shape index (κ2) is 11.6. The molecule has 8 nitrogen and oxygen atoms in total. The fourth-order valence-electron chi connectivity index (χ4n) is 5.38. The molecule has 3 aromatic rings. The van der Waals surface area contributed by atoms with E-state index >= 15 is 0 Å². The number of carbonyl (C=O) groups is 1. The van der Waals surface area contributed by atoms with Crippen LogP contribution in [0, 0.1) is 23.1 Å². The lowest BCUT2D eigenvalue weighted by molar-refractivity contribution is -0.128. The quantitative estimate of drug-likeness (QED) is 0.307. The van der Waals surface area contributed by atoms with Gasteiger partial charge in [0.15, 0.2) is 0 Å².